The van der Waals surface area contributed by atoms with Crippen molar-refractivity contribution in [3.05, 3.63) is 54.1 Å². The summed E-state index contributed by atoms with van der Waals surface area (Å²) in [7, 11) is -4.56. The molecular weight excluding hydrogens is 399 g/mol. The predicted molar refractivity (Wildman–Crippen MR) is 107 cm³/mol. The molecule has 2 rings (SSSR count). The molecule has 0 saturated heterocycles. The molecule has 6 heteroatoms. The summed E-state index contributed by atoms with van der Waals surface area (Å²) in [6.45, 7) is 2.24. The fourth-order valence-corrected chi connectivity index (χ4v) is 3.66. The Balaban J connectivity index is 0.00000392. The van der Waals surface area contributed by atoms with Gasteiger partial charge in [-0.1, -0.05) is 76.1 Å². The molecule has 0 N–H and O–H groups in total. The third-order valence-corrected chi connectivity index (χ3v) is 5.46. The number of aryl methyl sites for hydroxylation is 1. The van der Waals surface area contributed by atoms with E-state index in [1.807, 2.05) is 24.3 Å². The zero-order valence-electron chi connectivity index (χ0n) is 17.0. The maximum absolute atomic E-state index is 11.3. The van der Waals surface area contributed by atoms with Crippen molar-refractivity contribution >= 4 is 10.1 Å². The molecule has 28 heavy (non-hydrogen) atoms. The third-order valence-electron chi connectivity index (χ3n) is 4.59. The van der Waals surface area contributed by atoms with Gasteiger partial charge in [-0.15, -0.1) is 0 Å². The summed E-state index contributed by atoms with van der Waals surface area (Å²) in [5.41, 5.74) is 1.23. The van der Waals surface area contributed by atoms with Crippen LogP contribution in [-0.2, 0) is 16.5 Å². The van der Waals surface area contributed by atoms with Crippen LogP contribution in [-0.4, -0.2) is 13.0 Å². The second-order valence-corrected chi connectivity index (χ2v) is 8.22. The smallest absolute Gasteiger partial charge is 0.744 e. The first-order valence-electron chi connectivity index (χ1n) is 9.82. The van der Waals surface area contributed by atoms with Crippen LogP contribution in [0.1, 0.15) is 63.9 Å². The van der Waals surface area contributed by atoms with E-state index in [0.717, 1.165) is 6.42 Å². The summed E-state index contributed by atoms with van der Waals surface area (Å²) in [4.78, 5) is -0.340. The molecule has 0 amide bonds. The molecule has 0 heterocycles. The van der Waals surface area contributed by atoms with Gasteiger partial charge in [0.2, 0.25) is 0 Å². The minimum absolute atomic E-state index is 0. The molecule has 0 fully saturated rings. The van der Waals surface area contributed by atoms with Gasteiger partial charge >= 0.3 is 51.4 Å². The van der Waals surface area contributed by atoms with Gasteiger partial charge < -0.3 is 9.29 Å². The van der Waals surface area contributed by atoms with Gasteiger partial charge in [-0.25, -0.2) is 8.42 Å². The van der Waals surface area contributed by atoms with E-state index in [2.05, 4.69) is 6.92 Å². The van der Waals surface area contributed by atoms with Crippen molar-refractivity contribution in [2.45, 2.75) is 69.6 Å². The van der Waals surface area contributed by atoms with Crippen LogP contribution < -0.4 is 56.1 Å². The first-order valence-corrected chi connectivity index (χ1v) is 11.2. The normalized spacial score (nSPS) is 11.1. The Bertz CT molecular complexity index is 788. The average molecular weight is 429 g/mol. The second-order valence-electron chi connectivity index (χ2n) is 6.87. The molecule has 0 saturated carbocycles. The molecule has 0 aliphatic rings. The van der Waals surface area contributed by atoms with E-state index < -0.39 is 10.1 Å². The molecule has 148 valence electrons. The number of hydrogen-bond acceptors (Lipinski definition) is 4. The van der Waals surface area contributed by atoms with Gasteiger partial charge in [0.1, 0.15) is 21.6 Å². The molecule has 0 atom stereocenters. The van der Waals surface area contributed by atoms with Crippen molar-refractivity contribution in [3.8, 4) is 11.5 Å². The Labute approximate surface area is 212 Å². The molecule has 0 aliphatic heterocycles. The Hall–Kier alpha value is -0.214. The van der Waals surface area contributed by atoms with Gasteiger partial charge in [0, 0.05) is 0 Å². The average Bonchev–Trinajstić information content (AvgIpc) is 2.65. The zero-order valence-corrected chi connectivity index (χ0v) is 21.0. The van der Waals surface area contributed by atoms with Crippen LogP contribution in [0.3, 0.4) is 0 Å². The van der Waals surface area contributed by atoms with Crippen LogP contribution in [0.5, 0.6) is 11.5 Å². The topological polar surface area (TPSA) is 66.4 Å². The molecule has 0 bridgehead atoms. The van der Waals surface area contributed by atoms with Gasteiger partial charge in [0.15, 0.2) is 0 Å². The Morgan fingerprint density at radius 2 is 1.39 bits per heavy atom. The van der Waals surface area contributed by atoms with Crippen molar-refractivity contribution in [1.82, 2.24) is 0 Å². The first-order chi connectivity index (χ1) is 13.0. The summed E-state index contributed by atoms with van der Waals surface area (Å²) in [5.74, 6) is 0.578. The summed E-state index contributed by atoms with van der Waals surface area (Å²) >= 11 is 0. The first kappa shape index (κ1) is 25.8. The van der Waals surface area contributed by atoms with Gasteiger partial charge in [-0.05, 0) is 42.7 Å². The molecule has 0 aliphatic carbocycles. The van der Waals surface area contributed by atoms with Crippen LogP contribution in [0.25, 0.3) is 0 Å². The van der Waals surface area contributed by atoms with E-state index in [-0.39, 0.29) is 62.0 Å². The van der Waals surface area contributed by atoms with E-state index in [1.165, 1.54) is 75.1 Å². The molecule has 4 nitrogen and oxygen atoms in total. The summed E-state index contributed by atoms with van der Waals surface area (Å²) in [5, 5.41) is 0. The number of benzene rings is 2. The predicted octanol–water partition coefficient (Wildman–Crippen LogP) is 3.07. The second kappa shape index (κ2) is 13.9. The minimum atomic E-state index is -4.56. The van der Waals surface area contributed by atoms with Gasteiger partial charge in [0.05, 0.1) is 4.90 Å². The number of hydrogen-bond donors (Lipinski definition) is 0. The van der Waals surface area contributed by atoms with Gasteiger partial charge in [0.25, 0.3) is 0 Å². The molecule has 0 radical (unpaired) electrons. The Kier molecular flexibility index (Phi) is 12.8. The minimum Gasteiger partial charge on any atom is -0.744 e. The van der Waals surface area contributed by atoms with Crippen LogP contribution in [0.4, 0.5) is 0 Å². The summed E-state index contributed by atoms with van der Waals surface area (Å²) < 4.78 is 39.5. The van der Waals surface area contributed by atoms with Gasteiger partial charge in [-0.2, -0.15) is 0 Å². The maximum Gasteiger partial charge on any atom is 1.00 e. The quantitative estimate of drug-likeness (QED) is 0.296. The fourth-order valence-electron chi connectivity index (χ4n) is 3.06. The fraction of sp³-hybridized carbons (Fsp3) is 0.455. The summed E-state index contributed by atoms with van der Waals surface area (Å²) in [6.07, 6.45) is 11.4. The van der Waals surface area contributed by atoms with E-state index in [9.17, 15) is 13.0 Å². The standard InChI is InChI=1S/C22H30O4S.K/c1-2-3-4-5-6-7-8-9-12-19-15-17-20(18-16-19)26-21-13-10-11-14-22(21)27(23,24)25;/h10-11,13-18H,2-9,12H2,1H3,(H,23,24,25);/q;+1/p-1. The Morgan fingerprint density at radius 1 is 0.821 bits per heavy atom. The largest absolute Gasteiger partial charge is 1.00 e. The molecule has 2 aromatic carbocycles. The van der Waals surface area contributed by atoms with Crippen molar-refractivity contribution in [2.24, 2.45) is 0 Å². The van der Waals surface area contributed by atoms with Gasteiger partial charge in [-0.3, -0.25) is 0 Å². The van der Waals surface area contributed by atoms with E-state index >= 15 is 0 Å². The SMILES string of the molecule is CCCCCCCCCCc1ccc(Oc2ccccc2S(=O)(=O)[O-])cc1.[K+]. The number of para-hydroxylation sites is 1. The van der Waals surface area contributed by atoms with Crippen molar-refractivity contribution < 1.29 is 69.1 Å². The van der Waals surface area contributed by atoms with Crippen molar-refractivity contribution in [2.75, 3.05) is 0 Å². The molecule has 0 aromatic heterocycles. The monoisotopic (exact) mass is 428 g/mol. The van der Waals surface area contributed by atoms with Crippen LogP contribution in [0.15, 0.2) is 53.4 Å². The van der Waals surface area contributed by atoms with Crippen LogP contribution >= 0.6 is 0 Å². The number of unbranched alkanes of at least 4 members (excludes halogenated alkanes) is 7. The van der Waals surface area contributed by atoms with Crippen molar-refractivity contribution in [3.63, 3.8) is 0 Å². The van der Waals surface area contributed by atoms with E-state index in [1.54, 1.807) is 6.07 Å². The molecule has 0 unspecified atom stereocenters. The number of rotatable bonds is 12. The van der Waals surface area contributed by atoms with Crippen LogP contribution in [0.2, 0.25) is 0 Å². The maximum atomic E-state index is 11.3. The Morgan fingerprint density at radius 3 is 2.00 bits per heavy atom. The van der Waals surface area contributed by atoms with E-state index in [4.69, 9.17) is 4.74 Å². The number of ether oxygens (including phenoxy) is 1. The third kappa shape index (κ3) is 9.52. The zero-order chi connectivity index (χ0) is 19.5. The van der Waals surface area contributed by atoms with Crippen molar-refractivity contribution in [1.29, 1.82) is 0 Å². The molecular formula is C22H29KO4S. The van der Waals surface area contributed by atoms with E-state index in [0.29, 0.717) is 5.75 Å². The molecule has 0 spiro atoms. The van der Waals surface area contributed by atoms with Crippen LogP contribution in [0, 0.1) is 0 Å². The molecule has 2 aromatic rings. The summed E-state index contributed by atoms with van der Waals surface area (Å²) in [6, 6.07) is 13.5.